The number of anilines is 1. The number of hydrogen-bond acceptors (Lipinski definition) is 4. The standard InChI is InChI=1S/C14H22N4O/c1-8-4-5-18(7-12(8)19)11-6-9(2)17-10(3)13(11)14(15)16/h6,8,12,19H,4-5,7H2,1-3H3,(H3,15,16). The summed E-state index contributed by atoms with van der Waals surface area (Å²) in [6.45, 7) is 7.34. The Balaban J connectivity index is 2.41. The lowest BCUT2D eigenvalue weighted by molar-refractivity contribution is 0.103. The normalized spacial score (nSPS) is 23.5. The van der Waals surface area contributed by atoms with Crippen LogP contribution in [0.25, 0.3) is 0 Å². The van der Waals surface area contributed by atoms with Crippen molar-refractivity contribution in [2.24, 2.45) is 11.7 Å². The molecule has 0 radical (unpaired) electrons. The summed E-state index contributed by atoms with van der Waals surface area (Å²) in [5.41, 5.74) is 8.98. The summed E-state index contributed by atoms with van der Waals surface area (Å²) < 4.78 is 0. The van der Waals surface area contributed by atoms with Crippen molar-refractivity contribution in [3.8, 4) is 0 Å². The number of pyridine rings is 1. The fraction of sp³-hybridized carbons (Fsp3) is 0.571. The third-order valence-electron chi connectivity index (χ3n) is 3.84. The molecular formula is C14H22N4O. The second kappa shape index (κ2) is 5.17. The highest BCUT2D eigenvalue weighted by Gasteiger charge is 2.27. The van der Waals surface area contributed by atoms with Crippen molar-refractivity contribution < 1.29 is 5.11 Å². The third-order valence-corrected chi connectivity index (χ3v) is 3.84. The zero-order valence-corrected chi connectivity index (χ0v) is 11.8. The summed E-state index contributed by atoms with van der Waals surface area (Å²) in [5, 5.41) is 17.8. The van der Waals surface area contributed by atoms with Crippen LogP contribution in [0.4, 0.5) is 5.69 Å². The maximum Gasteiger partial charge on any atom is 0.126 e. The van der Waals surface area contributed by atoms with Gasteiger partial charge in [0.2, 0.25) is 0 Å². The molecule has 0 spiro atoms. The number of aromatic nitrogens is 1. The molecule has 2 unspecified atom stereocenters. The van der Waals surface area contributed by atoms with Crippen molar-refractivity contribution in [1.82, 2.24) is 4.98 Å². The number of nitrogens with one attached hydrogen (secondary N) is 1. The van der Waals surface area contributed by atoms with Crippen LogP contribution in [0.3, 0.4) is 0 Å². The average Bonchev–Trinajstić information content (AvgIpc) is 2.31. The van der Waals surface area contributed by atoms with Crippen molar-refractivity contribution in [3.05, 3.63) is 23.0 Å². The van der Waals surface area contributed by atoms with E-state index in [1.54, 1.807) is 0 Å². The summed E-state index contributed by atoms with van der Waals surface area (Å²) >= 11 is 0. The first-order chi connectivity index (χ1) is 8.90. The number of aryl methyl sites for hydroxylation is 2. The molecule has 1 fully saturated rings. The van der Waals surface area contributed by atoms with Gasteiger partial charge in [-0.25, -0.2) is 0 Å². The van der Waals surface area contributed by atoms with Crippen molar-refractivity contribution in [3.63, 3.8) is 0 Å². The van der Waals surface area contributed by atoms with E-state index in [1.807, 2.05) is 19.9 Å². The van der Waals surface area contributed by atoms with Crippen LogP contribution in [0.2, 0.25) is 0 Å². The van der Waals surface area contributed by atoms with Crippen LogP contribution in [0, 0.1) is 25.2 Å². The lowest BCUT2D eigenvalue weighted by atomic mass is 9.95. The van der Waals surface area contributed by atoms with Crippen LogP contribution in [0.1, 0.15) is 30.3 Å². The molecule has 1 aromatic rings. The van der Waals surface area contributed by atoms with E-state index in [1.165, 1.54) is 0 Å². The van der Waals surface area contributed by atoms with Gasteiger partial charge in [-0.05, 0) is 32.3 Å². The van der Waals surface area contributed by atoms with Crippen molar-refractivity contribution in [2.75, 3.05) is 18.0 Å². The van der Waals surface area contributed by atoms with Crippen LogP contribution in [-0.2, 0) is 0 Å². The Hall–Kier alpha value is -1.62. The van der Waals surface area contributed by atoms with E-state index in [2.05, 4.69) is 16.8 Å². The molecule has 1 saturated heterocycles. The first-order valence-corrected chi connectivity index (χ1v) is 6.65. The van der Waals surface area contributed by atoms with Crippen molar-refractivity contribution >= 4 is 11.5 Å². The molecule has 1 aliphatic heterocycles. The van der Waals surface area contributed by atoms with Crippen molar-refractivity contribution in [2.45, 2.75) is 33.3 Å². The minimum absolute atomic E-state index is 0.0353. The molecule has 2 rings (SSSR count). The molecule has 0 aliphatic carbocycles. The minimum atomic E-state index is -0.331. The minimum Gasteiger partial charge on any atom is -0.391 e. The summed E-state index contributed by atoms with van der Waals surface area (Å²) in [4.78, 5) is 6.49. The number of hydrogen-bond donors (Lipinski definition) is 3. The Bertz CT molecular complexity index is 500. The van der Waals surface area contributed by atoms with E-state index < -0.39 is 0 Å². The molecule has 2 heterocycles. The van der Waals surface area contributed by atoms with Gasteiger partial charge >= 0.3 is 0 Å². The van der Waals surface area contributed by atoms with E-state index in [0.717, 1.165) is 30.0 Å². The SMILES string of the molecule is Cc1cc(N2CCC(C)C(O)C2)c(C(=N)N)c(C)n1. The highest BCUT2D eigenvalue weighted by Crippen LogP contribution is 2.28. The topological polar surface area (TPSA) is 86.2 Å². The van der Waals surface area contributed by atoms with Gasteiger partial charge in [0.05, 0.1) is 23.0 Å². The van der Waals surface area contributed by atoms with Crippen LogP contribution in [0.5, 0.6) is 0 Å². The Morgan fingerprint density at radius 3 is 2.79 bits per heavy atom. The van der Waals surface area contributed by atoms with Gasteiger partial charge in [0.1, 0.15) is 5.84 Å². The predicted octanol–water partition coefficient (Wildman–Crippen LogP) is 1.19. The van der Waals surface area contributed by atoms with Gasteiger partial charge in [0.15, 0.2) is 0 Å². The fourth-order valence-corrected chi connectivity index (χ4v) is 2.66. The molecule has 2 atom stereocenters. The van der Waals surface area contributed by atoms with Gasteiger partial charge in [-0.2, -0.15) is 0 Å². The van der Waals surface area contributed by atoms with Gasteiger partial charge < -0.3 is 15.7 Å². The Labute approximate surface area is 114 Å². The largest absolute Gasteiger partial charge is 0.391 e. The lowest BCUT2D eigenvalue weighted by Gasteiger charge is -2.37. The number of nitrogens with zero attached hydrogens (tertiary/aromatic N) is 2. The average molecular weight is 262 g/mol. The molecule has 5 heteroatoms. The van der Waals surface area contributed by atoms with Crippen LogP contribution in [0.15, 0.2) is 6.07 Å². The van der Waals surface area contributed by atoms with Crippen LogP contribution >= 0.6 is 0 Å². The lowest BCUT2D eigenvalue weighted by Crippen LogP contribution is -2.43. The highest BCUT2D eigenvalue weighted by molar-refractivity contribution is 6.01. The number of nitrogen functional groups attached to an aromatic ring is 1. The molecule has 1 aliphatic rings. The maximum atomic E-state index is 10.0. The van der Waals surface area contributed by atoms with Crippen LogP contribution < -0.4 is 10.6 Å². The predicted molar refractivity (Wildman–Crippen MR) is 76.7 cm³/mol. The molecule has 1 aromatic heterocycles. The summed E-state index contributed by atoms with van der Waals surface area (Å²) in [5.74, 6) is 0.356. The zero-order valence-electron chi connectivity index (χ0n) is 11.8. The van der Waals surface area contributed by atoms with Gasteiger partial charge in [-0.15, -0.1) is 0 Å². The fourth-order valence-electron chi connectivity index (χ4n) is 2.66. The monoisotopic (exact) mass is 262 g/mol. The number of β-amino-alcohol motifs (C(OH)–C–C–N with tert-alkyl or cyclic N) is 1. The Morgan fingerprint density at radius 2 is 2.21 bits per heavy atom. The van der Waals surface area contributed by atoms with E-state index >= 15 is 0 Å². The quantitative estimate of drug-likeness (QED) is 0.552. The number of aliphatic hydroxyl groups is 1. The molecule has 104 valence electrons. The summed E-state index contributed by atoms with van der Waals surface area (Å²) in [6.07, 6.45) is 0.612. The molecular weight excluding hydrogens is 240 g/mol. The zero-order chi connectivity index (χ0) is 14.2. The first kappa shape index (κ1) is 13.8. The second-order valence-electron chi connectivity index (χ2n) is 5.44. The number of aliphatic hydroxyl groups excluding tert-OH is 1. The molecule has 5 nitrogen and oxygen atoms in total. The first-order valence-electron chi connectivity index (χ1n) is 6.65. The van der Waals surface area contributed by atoms with Crippen molar-refractivity contribution in [1.29, 1.82) is 5.41 Å². The van der Waals surface area contributed by atoms with Crippen LogP contribution in [-0.4, -0.2) is 35.1 Å². The number of nitrogens with two attached hydrogens (primary N) is 1. The van der Waals surface area contributed by atoms with E-state index in [9.17, 15) is 5.11 Å². The van der Waals surface area contributed by atoms with Gasteiger partial charge in [-0.3, -0.25) is 10.4 Å². The van der Waals surface area contributed by atoms with E-state index in [0.29, 0.717) is 18.0 Å². The van der Waals surface area contributed by atoms with Gasteiger partial charge in [-0.1, -0.05) is 6.92 Å². The third kappa shape index (κ3) is 2.71. The molecule has 0 aromatic carbocycles. The molecule has 0 bridgehead atoms. The highest BCUT2D eigenvalue weighted by atomic mass is 16.3. The maximum absolute atomic E-state index is 10.0. The van der Waals surface area contributed by atoms with Gasteiger partial charge in [0.25, 0.3) is 0 Å². The number of piperidine rings is 1. The van der Waals surface area contributed by atoms with E-state index in [-0.39, 0.29) is 11.9 Å². The second-order valence-corrected chi connectivity index (χ2v) is 5.44. The Morgan fingerprint density at radius 1 is 1.53 bits per heavy atom. The molecule has 0 amide bonds. The Kier molecular flexibility index (Phi) is 3.75. The number of rotatable bonds is 2. The molecule has 4 N–H and O–H groups in total. The van der Waals surface area contributed by atoms with Gasteiger partial charge in [0, 0.05) is 18.8 Å². The summed E-state index contributed by atoms with van der Waals surface area (Å²) in [7, 11) is 0. The number of amidine groups is 1. The smallest absolute Gasteiger partial charge is 0.126 e. The van der Waals surface area contributed by atoms with E-state index in [4.69, 9.17) is 11.1 Å². The molecule has 0 saturated carbocycles. The molecule has 19 heavy (non-hydrogen) atoms. The summed E-state index contributed by atoms with van der Waals surface area (Å²) in [6, 6.07) is 1.95.